The zero-order valence-corrected chi connectivity index (χ0v) is 12.2. The van der Waals surface area contributed by atoms with Crippen molar-refractivity contribution in [2.75, 3.05) is 6.54 Å². The van der Waals surface area contributed by atoms with Gasteiger partial charge in [-0.3, -0.25) is 4.79 Å². The highest BCUT2D eigenvalue weighted by molar-refractivity contribution is 5.94. The van der Waals surface area contributed by atoms with E-state index in [1.807, 2.05) is 6.07 Å². The van der Waals surface area contributed by atoms with Gasteiger partial charge in [0.1, 0.15) is 17.6 Å². The third-order valence-electron chi connectivity index (χ3n) is 3.92. The summed E-state index contributed by atoms with van der Waals surface area (Å²) in [6.45, 7) is 0.199. The number of pyridine rings is 1. The SMILES string of the molecule is N#Cc1cc(C(=O)N2C[C@@H](O)C[C@@H]2c2ccc(F)cc2)ccn1. The molecule has 2 heterocycles. The summed E-state index contributed by atoms with van der Waals surface area (Å²) in [5, 5.41) is 18.8. The van der Waals surface area contributed by atoms with E-state index in [1.165, 1.54) is 30.5 Å². The second kappa shape index (κ2) is 6.15. The number of aliphatic hydroxyl groups is 1. The Balaban J connectivity index is 1.91. The molecule has 0 aliphatic carbocycles. The van der Waals surface area contributed by atoms with Crippen LogP contribution >= 0.6 is 0 Å². The molecule has 5 nitrogen and oxygen atoms in total. The highest BCUT2D eigenvalue weighted by Gasteiger charge is 2.35. The van der Waals surface area contributed by atoms with Crippen LogP contribution in [0.5, 0.6) is 0 Å². The van der Waals surface area contributed by atoms with Crippen molar-refractivity contribution in [3.63, 3.8) is 0 Å². The van der Waals surface area contributed by atoms with Crippen molar-refractivity contribution in [2.24, 2.45) is 0 Å². The predicted molar refractivity (Wildman–Crippen MR) is 79.8 cm³/mol. The Kier molecular flexibility index (Phi) is 4.04. The van der Waals surface area contributed by atoms with Crippen LogP contribution in [-0.4, -0.2) is 33.5 Å². The fraction of sp³-hybridized carbons (Fsp3) is 0.235. The summed E-state index contributed by atoms with van der Waals surface area (Å²) in [4.78, 5) is 18.1. The molecule has 116 valence electrons. The van der Waals surface area contributed by atoms with Gasteiger partial charge in [-0.25, -0.2) is 9.37 Å². The second-order valence-electron chi connectivity index (χ2n) is 5.46. The normalized spacial score (nSPS) is 20.3. The largest absolute Gasteiger partial charge is 0.391 e. The van der Waals surface area contributed by atoms with E-state index in [1.54, 1.807) is 17.0 Å². The summed E-state index contributed by atoms with van der Waals surface area (Å²) in [6, 6.07) is 10.4. The number of aliphatic hydroxyl groups excluding tert-OH is 1. The first kappa shape index (κ1) is 15.1. The molecule has 1 fully saturated rings. The van der Waals surface area contributed by atoms with Crippen molar-refractivity contribution in [2.45, 2.75) is 18.6 Å². The van der Waals surface area contributed by atoms with E-state index in [0.29, 0.717) is 12.0 Å². The number of carbonyl (C=O) groups is 1. The molecule has 0 bridgehead atoms. The molecule has 2 aromatic rings. The summed E-state index contributed by atoms with van der Waals surface area (Å²) in [5.74, 6) is -0.632. The maximum Gasteiger partial charge on any atom is 0.254 e. The van der Waals surface area contributed by atoms with E-state index in [-0.39, 0.29) is 30.0 Å². The Morgan fingerprint density at radius 1 is 1.35 bits per heavy atom. The number of amides is 1. The molecule has 1 aliphatic rings. The zero-order chi connectivity index (χ0) is 16.4. The lowest BCUT2D eigenvalue weighted by Gasteiger charge is -2.25. The number of likely N-dealkylation sites (tertiary alicyclic amines) is 1. The van der Waals surface area contributed by atoms with Crippen molar-refractivity contribution in [3.8, 4) is 6.07 Å². The fourth-order valence-electron chi connectivity index (χ4n) is 2.83. The van der Waals surface area contributed by atoms with Crippen molar-refractivity contribution < 1.29 is 14.3 Å². The molecule has 6 heteroatoms. The van der Waals surface area contributed by atoms with Crippen LogP contribution in [0.25, 0.3) is 0 Å². The van der Waals surface area contributed by atoms with E-state index < -0.39 is 6.10 Å². The molecule has 3 rings (SSSR count). The number of halogens is 1. The molecule has 2 atom stereocenters. The van der Waals surface area contributed by atoms with Gasteiger partial charge in [0.15, 0.2) is 0 Å². The Bertz CT molecular complexity index is 770. The smallest absolute Gasteiger partial charge is 0.254 e. The highest BCUT2D eigenvalue weighted by Crippen LogP contribution is 2.33. The number of aromatic nitrogens is 1. The van der Waals surface area contributed by atoms with E-state index >= 15 is 0 Å². The van der Waals surface area contributed by atoms with Gasteiger partial charge in [-0.1, -0.05) is 12.1 Å². The topological polar surface area (TPSA) is 77.2 Å². The Hall–Kier alpha value is -2.78. The Morgan fingerprint density at radius 2 is 2.09 bits per heavy atom. The van der Waals surface area contributed by atoms with Crippen LogP contribution in [0.1, 0.15) is 34.1 Å². The fourth-order valence-corrected chi connectivity index (χ4v) is 2.83. The van der Waals surface area contributed by atoms with Crippen molar-refractivity contribution in [1.29, 1.82) is 5.26 Å². The minimum absolute atomic E-state index is 0.161. The van der Waals surface area contributed by atoms with Crippen LogP contribution in [-0.2, 0) is 0 Å². The molecule has 0 radical (unpaired) electrons. The van der Waals surface area contributed by atoms with Crippen LogP contribution in [0.15, 0.2) is 42.6 Å². The van der Waals surface area contributed by atoms with E-state index in [2.05, 4.69) is 4.98 Å². The van der Waals surface area contributed by atoms with E-state index in [0.717, 1.165) is 5.56 Å². The summed E-state index contributed by atoms with van der Waals surface area (Å²) in [5.41, 5.74) is 1.28. The summed E-state index contributed by atoms with van der Waals surface area (Å²) >= 11 is 0. The number of hydrogen-bond donors (Lipinski definition) is 1. The molecular formula is C17H14FN3O2. The summed E-state index contributed by atoms with van der Waals surface area (Å²) in [7, 11) is 0. The van der Waals surface area contributed by atoms with Crippen LogP contribution < -0.4 is 0 Å². The second-order valence-corrected chi connectivity index (χ2v) is 5.46. The Labute approximate surface area is 132 Å². The molecule has 1 aliphatic heterocycles. The number of hydrogen-bond acceptors (Lipinski definition) is 4. The third-order valence-corrected chi connectivity index (χ3v) is 3.92. The van der Waals surface area contributed by atoms with Crippen molar-refractivity contribution in [1.82, 2.24) is 9.88 Å². The third kappa shape index (κ3) is 3.05. The lowest BCUT2D eigenvalue weighted by Crippen LogP contribution is -2.31. The molecule has 1 amide bonds. The van der Waals surface area contributed by atoms with Crippen molar-refractivity contribution in [3.05, 3.63) is 65.2 Å². The number of nitriles is 1. The van der Waals surface area contributed by atoms with Gasteiger partial charge in [-0.15, -0.1) is 0 Å². The Morgan fingerprint density at radius 3 is 2.78 bits per heavy atom. The monoisotopic (exact) mass is 311 g/mol. The molecular weight excluding hydrogens is 297 g/mol. The number of carbonyl (C=O) groups excluding carboxylic acids is 1. The van der Waals surface area contributed by atoms with Gasteiger partial charge in [0, 0.05) is 18.3 Å². The number of nitrogens with zero attached hydrogens (tertiary/aromatic N) is 3. The van der Waals surface area contributed by atoms with Crippen LogP contribution in [0, 0.1) is 17.1 Å². The lowest BCUT2D eigenvalue weighted by molar-refractivity contribution is 0.0715. The minimum atomic E-state index is -0.633. The maximum absolute atomic E-state index is 13.1. The molecule has 1 saturated heterocycles. The first-order chi connectivity index (χ1) is 11.1. The number of β-amino-alcohol motifs (C(OH)–C–C–N with tert-alkyl or cyclic N) is 1. The van der Waals surface area contributed by atoms with E-state index in [9.17, 15) is 14.3 Å². The predicted octanol–water partition coefficient (Wildman–Crippen LogP) is 2.04. The average Bonchev–Trinajstić information content (AvgIpc) is 2.96. The first-order valence-corrected chi connectivity index (χ1v) is 7.19. The first-order valence-electron chi connectivity index (χ1n) is 7.19. The quantitative estimate of drug-likeness (QED) is 0.920. The summed E-state index contributed by atoms with van der Waals surface area (Å²) < 4.78 is 13.1. The summed E-state index contributed by atoms with van der Waals surface area (Å²) in [6.07, 6.45) is 1.17. The maximum atomic E-state index is 13.1. The highest BCUT2D eigenvalue weighted by atomic mass is 19.1. The molecule has 0 unspecified atom stereocenters. The lowest BCUT2D eigenvalue weighted by atomic mass is 10.0. The van der Waals surface area contributed by atoms with Gasteiger partial charge >= 0.3 is 0 Å². The molecule has 1 aromatic heterocycles. The van der Waals surface area contributed by atoms with E-state index in [4.69, 9.17) is 5.26 Å². The molecule has 0 spiro atoms. The molecule has 1 N–H and O–H groups in total. The standard InChI is InChI=1S/C17H14FN3O2/c18-13-3-1-11(2-4-13)16-8-15(22)10-21(16)17(23)12-5-6-20-14(7-12)9-19/h1-7,15-16,22H,8,10H2/t15-,16+/m0/s1. The number of rotatable bonds is 2. The number of benzene rings is 1. The molecule has 1 aromatic carbocycles. The van der Waals surface area contributed by atoms with Crippen molar-refractivity contribution >= 4 is 5.91 Å². The molecule has 23 heavy (non-hydrogen) atoms. The van der Waals surface area contributed by atoms with Gasteiger partial charge in [-0.2, -0.15) is 5.26 Å². The average molecular weight is 311 g/mol. The zero-order valence-electron chi connectivity index (χ0n) is 12.2. The van der Waals surface area contributed by atoms with Gasteiger partial charge < -0.3 is 10.0 Å². The van der Waals surface area contributed by atoms with Gasteiger partial charge in [0.2, 0.25) is 0 Å². The van der Waals surface area contributed by atoms with Gasteiger partial charge in [-0.05, 0) is 36.2 Å². The van der Waals surface area contributed by atoms with Crippen LogP contribution in [0.4, 0.5) is 4.39 Å². The van der Waals surface area contributed by atoms with Gasteiger partial charge in [0.05, 0.1) is 12.1 Å². The minimum Gasteiger partial charge on any atom is -0.391 e. The van der Waals surface area contributed by atoms with Gasteiger partial charge in [0.25, 0.3) is 5.91 Å². The van der Waals surface area contributed by atoms with Crippen LogP contribution in [0.2, 0.25) is 0 Å². The molecule has 0 saturated carbocycles. The van der Waals surface area contributed by atoms with Crippen LogP contribution in [0.3, 0.4) is 0 Å².